The summed E-state index contributed by atoms with van der Waals surface area (Å²) >= 11 is 6.00. The summed E-state index contributed by atoms with van der Waals surface area (Å²) < 4.78 is 5.05. The summed E-state index contributed by atoms with van der Waals surface area (Å²) in [5.74, 6) is 1.36. The van der Waals surface area contributed by atoms with Crippen LogP contribution in [-0.2, 0) is 4.74 Å². The number of benzene rings is 1. The van der Waals surface area contributed by atoms with Crippen LogP contribution < -0.4 is 10.2 Å². The van der Waals surface area contributed by atoms with E-state index in [1.165, 1.54) is 0 Å². The summed E-state index contributed by atoms with van der Waals surface area (Å²) in [7, 11) is 0. The number of piperazine rings is 1. The predicted molar refractivity (Wildman–Crippen MR) is 102 cm³/mol. The second kappa shape index (κ2) is 8.23. The topological polar surface area (TPSA) is 70.6 Å². The van der Waals surface area contributed by atoms with Crippen LogP contribution in [0.4, 0.5) is 22.2 Å². The second-order valence-electron chi connectivity index (χ2n) is 6.00. The van der Waals surface area contributed by atoms with Gasteiger partial charge in [0, 0.05) is 43.1 Å². The van der Waals surface area contributed by atoms with E-state index in [1.54, 1.807) is 11.1 Å². The minimum Gasteiger partial charge on any atom is -0.450 e. The SMILES string of the molecule is CCOC(=O)N1CCN(c2ccnc(Nc3ccc(Cl)cc3C)n2)CC1. The molecule has 8 heteroatoms. The van der Waals surface area contributed by atoms with Gasteiger partial charge in [-0.05, 0) is 43.7 Å². The number of aromatic nitrogens is 2. The van der Waals surface area contributed by atoms with Crippen molar-refractivity contribution in [2.24, 2.45) is 0 Å². The van der Waals surface area contributed by atoms with E-state index in [0.717, 1.165) is 17.1 Å². The van der Waals surface area contributed by atoms with Crippen molar-refractivity contribution in [1.82, 2.24) is 14.9 Å². The maximum Gasteiger partial charge on any atom is 0.409 e. The number of rotatable bonds is 4. The van der Waals surface area contributed by atoms with E-state index in [0.29, 0.717) is 43.8 Å². The standard InChI is InChI=1S/C18H22ClN5O2/c1-3-26-18(25)24-10-8-23(9-11-24)16-6-7-20-17(22-16)21-15-5-4-14(19)12-13(15)2/h4-7,12H,3,8-11H2,1-2H3,(H,20,21,22). The Kier molecular flexibility index (Phi) is 5.78. The molecule has 1 aromatic carbocycles. The van der Waals surface area contributed by atoms with Crippen molar-refractivity contribution in [3.63, 3.8) is 0 Å². The Hall–Kier alpha value is -2.54. The van der Waals surface area contributed by atoms with E-state index < -0.39 is 0 Å². The first kappa shape index (κ1) is 18.3. The van der Waals surface area contributed by atoms with Gasteiger partial charge in [0.15, 0.2) is 0 Å². The quantitative estimate of drug-likeness (QED) is 0.882. The average Bonchev–Trinajstić information content (AvgIpc) is 2.65. The zero-order valence-electron chi connectivity index (χ0n) is 14.9. The maximum absolute atomic E-state index is 11.8. The molecule has 1 aliphatic heterocycles. The molecular weight excluding hydrogens is 354 g/mol. The summed E-state index contributed by atoms with van der Waals surface area (Å²) in [5, 5.41) is 3.93. The molecule has 1 aliphatic rings. The van der Waals surface area contributed by atoms with Gasteiger partial charge in [0.05, 0.1) is 6.61 Å². The molecule has 2 heterocycles. The van der Waals surface area contributed by atoms with Gasteiger partial charge in [0.25, 0.3) is 0 Å². The van der Waals surface area contributed by atoms with E-state index in [-0.39, 0.29) is 6.09 Å². The molecule has 1 aromatic heterocycles. The monoisotopic (exact) mass is 375 g/mol. The third-order valence-corrected chi connectivity index (χ3v) is 4.44. The maximum atomic E-state index is 11.8. The van der Waals surface area contributed by atoms with Gasteiger partial charge in [-0.2, -0.15) is 4.98 Å². The second-order valence-corrected chi connectivity index (χ2v) is 6.43. The fourth-order valence-electron chi connectivity index (χ4n) is 2.81. The highest BCUT2D eigenvalue weighted by molar-refractivity contribution is 6.30. The minimum atomic E-state index is -0.254. The van der Waals surface area contributed by atoms with Gasteiger partial charge >= 0.3 is 6.09 Å². The Morgan fingerprint density at radius 3 is 2.73 bits per heavy atom. The molecule has 1 saturated heterocycles. The van der Waals surface area contributed by atoms with Gasteiger partial charge < -0.3 is 19.9 Å². The molecule has 0 bridgehead atoms. The molecule has 1 N–H and O–H groups in total. The van der Waals surface area contributed by atoms with Crippen LogP contribution >= 0.6 is 11.6 Å². The molecule has 0 atom stereocenters. The number of aryl methyl sites for hydroxylation is 1. The number of nitrogens with one attached hydrogen (secondary N) is 1. The Bertz CT molecular complexity index is 778. The molecule has 26 heavy (non-hydrogen) atoms. The first-order valence-corrected chi connectivity index (χ1v) is 8.97. The smallest absolute Gasteiger partial charge is 0.409 e. The van der Waals surface area contributed by atoms with Gasteiger partial charge in [0.1, 0.15) is 5.82 Å². The van der Waals surface area contributed by atoms with Crippen molar-refractivity contribution < 1.29 is 9.53 Å². The highest BCUT2D eigenvalue weighted by Crippen LogP contribution is 2.23. The lowest BCUT2D eigenvalue weighted by Gasteiger charge is -2.34. The molecule has 0 radical (unpaired) electrons. The first-order valence-electron chi connectivity index (χ1n) is 8.59. The minimum absolute atomic E-state index is 0.254. The predicted octanol–water partition coefficient (Wildman–Crippen LogP) is 3.46. The van der Waals surface area contributed by atoms with Crippen molar-refractivity contribution in [1.29, 1.82) is 0 Å². The van der Waals surface area contributed by atoms with Crippen molar-refractivity contribution in [3.05, 3.63) is 41.0 Å². The molecule has 0 aliphatic carbocycles. The number of anilines is 3. The van der Waals surface area contributed by atoms with Gasteiger partial charge in [0.2, 0.25) is 5.95 Å². The van der Waals surface area contributed by atoms with Crippen molar-refractivity contribution in [3.8, 4) is 0 Å². The van der Waals surface area contributed by atoms with Crippen LogP contribution in [0, 0.1) is 6.92 Å². The zero-order chi connectivity index (χ0) is 18.5. The number of amides is 1. The number of carbonyl (C=O) groups excluding carboxylic acids is 1. The summed E-state index contributed by atoms with van der Waals surface area (Å²) in [6, 6.07) is 7.50. The Balaban J connectivity index is 1.65. The molecule has 3 rings (SSSR count). The van der Waals surface area contributed by atoms with E-state index in [4.69, 9.17) is 16.3 Å². The Morgan fingerprint density at radius 2 is 2.04 bits per heavy atom. The number of hydrogen-bond acceptors (Lipinski definition) is 6. The van der Waals surface area contributed by atoms with Crippen LogP contribution in [0.5, 0.6) is 0 Å². The van der Waals surface area contributed by atoms with Crippen LogP contribution in [-0.4, -0.2) is 53.7 Å². The molecule has 0 spiro atoms. The normalized spacial score (nSPS) is 14.3. The summed E-state index contributed by atoms with van der Waals surface area (Å²) in [6.45, 7) is 6.82. The van der Waals surface area contributed by atoms with E-state index in [2.05, 4.69) is 20.2 Å². The third-order valence-electron chi connectivity index (χ3n) is 4.21. The number of nitrogens with zero attached hydrogens (tertiary/aromatic N) is 4. The van der Waals surface area contributed by atoms with E-state index in [9.17, 15) is 4.79 Å². The van der Waals surface area contributed by atoms with Crippen molar-refractivity contribution >= 4 is 35.1 Å². The molecule has 138 valence electrons. The van der Waals surface area contributed by atoms with Gasteiger partial charge in [-0.25, -0.2) is 9.78 Å². The van der Waals surface area contributed by atoms with E-state index in [1.807, 2.05) is 38.1 Å². The third kappa shape index (κ3) is 4.35. The number of carbonyl (C=O) groups is 1. The van der Waals surface area contributed by atoms with Crippen LogP contribution in [0.1, 0.15) is 12.5 Å². The van der Waals surface area contributed by atoms with Gasteiger partial charge in [-0.3, -0.25) is 0 Å². The zero-order valence-corrected chi connectivity index (χ0v) is 15.7. The number of hydrogen-bond donors (Lipinski definition) is 1. The van der Waals surface area contributed by atoms with Crippen LogP contribution in [0.15, 0.2) is 30.5 Å². The lowest BCUT2D eigenvalue weighted by atomic mass is 10.2. The molecule has 7 nitrogen and oxygen atoms in total. The molecular formula is C18H22ClN5O2. The molecule has 2 aromatic rings. The summed E-state index contributed by atoms with van der Waals surface area (Å²) in [6.07, 6.45) is 1.48. The molecule has 1 fully saturated rings. The van der Waals surface area contributed by atoms with E-state index >= 15 is 0 Å². The van der Waals surface area contributed by atoms with Gasteiger partial charge in [-0.15, -0.1) is 0 Å². The molecule has 0 unspecified atom stereocenters. The number of ether oxygens (including phenoxy) is 1. The fraction of sp³-hybridized carbons (Fsp3) is 0.389. The number of halogens is 1. The van der Waals surface area contributed by atoms with Crippen molar-refractivity contribution in [2.45, 2.75) is 13.8 Å². The van der Waals surface area contributed by atoms with Crippen LogP contribution in [0.2, 0.25) is 5.02 Å². The largest absolute Gasteiger partial charge is 0.450 e. The highest BCUT2D eigenvalue weighted by atomic mass is 35.5. The average molecular weight is 376 g/mol. The van der Waals surface area contributed by atoms with Crippen molar-refractivity contribution in [2.75, 3.05) is 43.0 Å². The lowest BCUT2D eigenvalue weighted by molar-refractivity contribution is 0.105. The lowest BCUT2D eigenvalue weighted by Crippen LogP contribution is -2.49. The summed E-state index contributed by atoms with van der Waals surface area (Å²) in [4.78, 5) is 24.5. The van der Waals surface area contributed by atoms with Gasteiger partial charge in [-0.1, -0.05) is 11.6 Å². The van der Waals surface area contributed by atoms with Crippen LogP contribution in [0.25, 0.3) is 0 Å². The Morgan fingerprint density at radius 1 is 1.27 bits per heavy atom. The van der Waals surface area contributed by atoms with Crippen LogP contribution in [0.3, 0.4) is 0 Å². The molecule has 0 saturated carbocycles. The Labute approximate surface area is 157 Å². The summed E-state index contributed by atoms with van der Waals surface area (Å²) in [5.41, 5.74) is 1.94. The first-order chi connectivity index (χ1) is 12.6. The fourth-order valence-corrected chi connectivity index (χ4v) is 3.03. The highest BCUT2D eigenvalue weighted by Gasteiger charge is 2.22. The molecule has 1 amide bonds.